The molecule has 4 heteroatoms. The van der Waals surface area contributed by atoms with E-state index >= 15 is 0 Å². The Labute approximate surface area is 139 Å². The fourth-order valence-electron chi connectivity index (χ4n) is 3.16. The summed E-state index contributed by atoms with van der Waals surface area (Å²) in [5.41, 5.74) is 3.87. The van der Waals surface area contributed by atoms with E-state index in [0.29, 0.717) is 12.1 Å². The normalized spacial score (nSPS) is 11.2. The minimum absolute atomic E-state index is 0.329. The second-order valence-corrected chi connectivity index (χ2v) is 5.99. The van der Waals surface area contributed by atoms with Crippen molar-refractivity contribution in [3.8, 4) is 0 Å². The van der Waals surface area contributed by atoms with Crippen molar-refractivity contribution >= 4 is 27.8 Å². The molecule has 4 nitrogen and oxygen atoms in total. The molecule has 0 unspecified atom stereocenters. The van der Waals surface area contributed by atoms with Crippen molar-refractivity contribution in [1.29, 1.82) is 0 Å². The molecule has 0 fully saturated rings. The monoisotopic (exact) mass is 316 g/mol. The highest BCUT2D eigenvalue weighted by atomic mass is 16.4. The number of pyridine rings is 1. The number of hydrogen-bond acceptors (Lipinski definition) is 2. The molecular formula is C20H16N2O2. The number of fused-ring (bicyclic) bond motifs is 2. The molecule has 0 radical (unpaired) electrons. The van der Waals surface area contributed by atoms with Crippen molar-refractivity contribution in [2.75, 3.05) is 0 Å². The van der Waals surface area contributed by atoms with Crippen LogP contribution in [0.15, 0.2) is 60.8 Å². The highest BCUT2D eigenvalue weighted by Crippen LogP contribution is 2.24. The molecule has 118 valence electrons. The van der Waals surface area contributed by atoms with E-state index in [4.69, 9.17) is 0 Å². The first-order valence-corrected chi connectivity index (χ1v) is 7.79. The van der Waals surface area contributed by atoms with Crippen LogP contribution in [0.5, 0.6) is 0 Å². The van der Waals surface area contributed by atoms with Gasteiger partial charge in [-0.3, -0.25) is 4.98 Å². The molecule has 1 N–H and O–H groups in total. The van der Waals surface area contributed by atoms with E-state index in [1.165, 1.54) is 0 Å². The van der Waals surface area contributed by atoms with Crippen LogP contribution in [-0.2, 0) is 6.54 Å². The standard InChI is InChI=1S/C20H16N2O2/c1-13-10-15-8-9-22(19(15)17(11-13)20(23)24)12-16-7-6-14-4-2-3-5-18(14)21-16/h2-11H,12H2,1H3,(H,23,24). The van der Waals surface area contributed by atoms with Crippen LogP contribution >= 0.6 is 0 Å². The van der Waals surface area contributed by atoms with Gasteiger partial charge in [0.2, 0.25) is 0 Å². The Hall–Kier alpha value is -3.14. The fourth-order valence-corrected chi connectivity index (χ4v) is 3.16. The van der Waals surface area contributed by atoms with Gasteiger partial charge in [0.05, 0.1) is 28.8 Å². The summed E-state index contributed by atoms with van der Waals surface area (Å²) < 4.78 is 1.95. The number of aromatic nitrogens is 2. The third-order valence-corrected chi connectivity index (χ3v) is 4.22. The Morgan fingerprint density at radius 1 is 1.08 bits per heavy atom. The summed E-state index contributed by atoms with van der Waals surface area (Å²) in [7, 11) is 0. The van der Waals surface area contributed by atoms with Crippen molar-refractivity contribution in [2.45, 2.75) is 13.5 Å². The quantitative estimate of drug-likeness (QED) is 0.615. The van der Waals surface area contributed by atoms with E-state index in [-0.39, 0.29) is 0 Å². The van der Waals surface area contributed by atoms with Crippen molar-refractivity contribution < 1.29 is 9.90 Å². The summed E-state index contributed by atoms with van der Waals surface area (Å²) in [6.45, 7) is 2.45. The Bertz CT molecular complexity index is 1080. The van der Waals surface area contributed by atoms with Gasteiger partial charge in [-0.1, -0.05) is 24.3 Å². The van der Waals surface area contributed by atoms with Gasteiger partial charge in [-0.15, -0.1) is 0 Å². The summed E-state index contributed by atoms with van der Waals surface area (Å²) in [6.07, 6.45) is 1.92. The first kappa shape index (κ1) is 14.5. The summed E-state index contributed by atoms with van der Waals surface area (Å²) >= 11 is 0. The molecule has 0 atom stereocenters. The molecule has 0 aliphatic heterocycles. The molecule has 0 aliphatic rings. The molecule has 2 aromatic heterocycles. The Balaban J connectivity index is 1.82. The SMILES string of the molecule is Cc1cc(C(=O)O)c2c(ccn2Cc2ccc3ccccc3n2)c1. The zero-order valence-corrected chi connectivity index (χ0v) is 13.2. The van der Waals surface area contributed by atoms with Crippen LogP contribution in [0.25, 0.3) is 21.8 Å². The number of carbonyl (C=O) groups is 1. The molecule has 0 saturated heterocycles. The van der Waals surface area contributed by atoms with Gasteiger partial charge >= 0.3 is 5.97 Å². The zero-order valence-electron chi connectivity index (χ0n) is 13.2. The molecule has 4 rings (SSSR count). The van der Waals surface area contributed by atoms with E-state index in [2.05, 4.69) is 4.98 Å². The molecule has 4 aromatic rings. The number of carboxylic acid groups (broad SMARTS) is 1. The summed E-state index contributed by atoms with van der Waals surface area (Å²) in [5.74, 6) is -0.907. The van der Waals surface area contributed by atoms with Crippen molar-refractivity contribution in [2.24, 2.45) is 0 Å². The minimum atomic E-state index is -0.907. The largest absolute Gasteiger partial charge is 0.478 e. The number of rotatable bonds is 3. The van der Waals surface area contributed by atoms with E-state index in [1.807, 2.05) is 66.2 Å². The van der Waals surface area contributed by atoms with E-state index in [0.717, 1.165) is 33.1 Å². The maximum atomic E-state index is 11.6. The maximum absolute atomic E-state index is 11.6. The van der Waals surface area contributed by atoms with Crippen LogP contribution in [0.3, 0.4) is 0 Å². The smallest absolute Gasteiger partial charge is 0.337 e. The van der Waals surface area contributed by atoms with Crippen molar-refractivity contribution in [1.82, 2.24) is 9.55 Å². The lowest BCUT2D eigenvalue weighted by Crippen LogP contribution is -2.05. The second-order valence-electron chi connectivity index (χ2n) is 5.99. The third-order valence-electron chi connectivity index (χ3n) is 4.22. The van der Waals surface area contributed by atoms with E-state index in [1.54, 1.807) is 6.07 Å². The lowest BCUT2D eigenvalue weighted by atomic mass is 10.1. The van der Waals surface area contributed by atoms with Crippen LogP contribution in [0.1, 0.15) is 21.6 Å². The average Bonchev–Trinajstić information content (AvgIpc) is 2.96. The van der Waals surface area contributed by atoms with Gasteiger partial charge in [-0.2, -0.15) is 0 Å². The predicted molar refractivity (Wildman–Crippen MR) is 94.5 cm³/mol. The van der Waals surface area contributed by atoms with Gasteiger partial charge in [-0.25, -0.2) is 4.79 Å². The second kappa shape index (κ2) is 5.49. The van der Waals surface area contributed by atoms with Gasteiger partial charge in [-0.05, 0) is 42.8 Å². The topological polar surface area (TPSA) is 55.1 Å². The number of nitrogens with zero attached hydrogens (tertiary/aromatic N) is 2. The molecular weight excluding hydrogens is 300 g/mol. The lowest BCUT2D eigenvalue weighted by Gasteiger charge is -2.09. The van der Waals surface area contributed by atoms with Crippen LogP contribution in [0.4, 0.5) is 0 Å². The van der Waals surface area contributed by atoms with E-state index in [9.17, 15) is 9.90 Å². The number of benzene rings is 2. The van der Waals surface area contributed by atoms with Crippen LogP contribution in [0, 0.1) is 6.92 Å². The van der Waals surface area contributed by atoms with Crippen molar-refractivity contribution in [3.63, 3.8) is 0 Å². The first-order valence-electron chi connectivity index (χ1n) is 7.79. The minimum Gasteiger partial charge on any atom is -0.478 e. The molecule has 0 spiro atoms. The molecule has 2 heterocycles. The van der Waals surface area contributed by atoms with Crippen molar-refractivity contribution in [3.05, 3.63) is 77.6 Å². The van der Waals surface area contributed by atoms with Gasteiger partial charge in [0.1, 0.15) is 0 Å². The predicted octanol–water partition coefficient (Wildman–Crippen LogP) is 4.24. The van der Waals surface area contributed by atoms with Crippen LogP contribution in [0.2, 0.25) is 0 Å². The Morgan fingerprint density at radius 3 is 2.75 bits per heavy atom. The number of hydrogen-bond donors (Lipinski definition) is 1. The average molecular weight is 316 g/mol. The van der Waals surface area contributed by atoms with Gasteiger partial charge < -0.3 is 9.67 Å². The number of aryl methyl sites for hydroxylation is 1. The molecule has 0 bridgehead atoms. The lowest BCUT2D eigenvalue weighted by molar-refractivity contribution is 0.0698. The maximum Gasteiger partial charge on any atom is 0.337 e. The van der Waals surface area contributed by atoms with Crippen LogP contribution < -0.4 is 0 Å². The highest BCUT2D eigenvalue weighted by molar-refractivity contribution is 6.02. The summed E-state index contributed by atoms with van der Waals surface area (Å²) in [6, 6.07) is 17.7. The molecule has 0 amide bonds. The first-order chi connectivity index (χ1) is 11.6. The Morgan fingerprint density at radius 2 is 1.92 bits per heavy atom. The third kappa shape index (κ3) is 2.42. The Kier molecular flexibility index (Phi) is 3.31. The summed E-state index contributed by atoms with van der Waals surface area (Å²) in [4.78, 5) is 16.3. The molecule has 0 saturated carbocycles. The zero-order chi connectivity index (χ0) is 16.7. The summed E-state index contributed by atoms with van der Waals surface area (Å²) in [5, 5.41) is 11.6. The van der Waals surface area contributed by atoms with Gasteiger partial charge in [0.25, 0.3) is 0 Å². The number of para-hydroxylation sites is 1. The number of aromatic carboxylic acids is 1. The van der Waals surface area contributed by atoms with Crippen LogP contribution in [-0.4, -0.2) is 20.6 Å². The van der Waals surface area contributed by atoms with Gasteiger partial charge in [0, 0.05) is 17.0 Å². The fraction of sp³-hybridized carbons (Fsp3) is 0.100. The highest BCUT2D eigenvalue weighted by Gasteiger charge is 2.14. The van der Waals surface area contributed by atoms with Gasteiger partial charge in [0.15, 0.2) is 0 Å². The molecule has 24 heavy (non-hydrogen) atoms. The van der Waals surface area contributed by atoms with E-state index < -0.39 is 5.97 Å². The molecule has 0 aliphatic carbocycles. The number of carboxylic acids is 1. The molecule has 2 aromatic carbocycles.